The molecular weight excluding hydrogens is 262 g/mol. The molecule has 1 fully saturated rings. The average Bonchev–Trinajstić information content (AvgIpc) is 3.04. The van der Waals surface area contributed by atoms with Gasteiger partial charge in [-0.25, -0.2) is 0 Å². The summed E-state index contributed by atoms with van der Waals surface area (Å²) in [5, 5.41) is 3.61. The van der Waals surface area contributed by atoms with Crippen molar-refractivity contribution < 1.29 is 9.47 Å². The van der Waals surface area contributed by atoms with Crippen molar-refractivity contribution >= 4 is 0 Å². The van der Waals surface area contributed by atoms with Crippen molar-refractivity contribution in [1.29, 1.82) is 0 Å². The second-order valence-corrected chi connectivity index (χ2v) is 5.66. The van der Waals surface area contributed by atoms with Gasteiger partial charge in [0, 0.05) is 19.3 Å². The standard InChI is InChI=1S/C18H29NO2/c1-3-19-17(13-12-16-11-8-14-21-16)18(20-4-2)15-9-6-5-7-10-15/h5-7,9-10,16-19H,3-4,8,11-14H2,1-2H3. The molecule has 3 unspecified atom stereocenters. The molecule has 0 aliphatic carbocycles. The molecule has 3 heteroatoms. The van der Waals surface area contributed by atoms with Crippen molar-refractivity contribution in [3.63, 3.8) is 0 Å². The highest BCUT2D eigenvalue weighted by molar-refractivity contribution is 5.19. The highest BCUT2D eigenvalue weighted by Gasteiger charge is 2.25. The lowest BCUT2D eigenvalue weighted by atomic mass is 9.96. The maximum atomic E-state index is 6.05. The Hall–Kier alpha value is -0.900. The smallest absolute Gasteiger partial charge is 0.0977 e. The molecule has 1 saturated heterocycles. The Bertz CT molecular complexity index is 376. The Morgan fingerprint density at radius 3 is 2.71 bits per heavy atom. The number of nitrogens with one attached hydrogen (secondary N) is 1. The van der Waals surface area contributed by atoms with E-state index >= 15 is 0 Å². The van der Waals surface area contributed by atoms with Crippen LogP contribution in [0.1, 0.15) is 51.2 Å². The maximum absolute atomic E-state index is 6.05. The summed E-state index contributed by atoms with van der Waals surface area (Å²) in [6.45, 7) is 6.87. The van der Waals surface area contributed by atoms with Crippen LogP contribution in [-0.2, 0) is 9.47 Å². The van der Waals surface area contributed by atoms with E-state index < -0.39 is 0 Å². The van der Waals surface area contributed by atoms with E-state index in [0.717, 1.165) is 32.6 Å². The summed E-state index contributed by atoms with van der Waals surface area (Å²) in [5.41, 5.74) is 1.26. The largest absolute Gasteiger partial charge is 0.378 e. The fourth-order valence-corrected chi connectivity index (χ4v) is 3.13. The fraction of sp³-hybridized carbons (Fsp3) is 0.667. The lowest BCUT2D eigenvalue weighted by Crippen LogP contribution is -2.37. The first kappa shape index (κ1) is 16.5. The van der Waals surface area contributed by atoms with E-state index in [-0.39, 0.29) is 6.10 Å². The molecular formula is C18H29NO2. The minimum absolute atomic E-state index is 0.123. The summed E-state index contributed by atoms with van der Waals surface area (Å²) in [7, 11) is 0. The van der Waals surface area contributed by atoms with Crippen LogP contribution in [0.15, 0.2) is 30.3 Å². The number of hydrogen-bond acceptors (Lipinski definition) is 3. The van der Waals surface area contributed by atoms with Gasteiger partial charge in [-0.15, -0.1) is 0 Å². The van der Waals surface area contributed by atoms with Crippen LogP contribution in [0.5, 0.6) is 0 Å². The predicted molar refractivity (Wildman–Crippen MR) is 86.5 cm³/mol. The fourth-order valence-electron chi connectivity index (χ4n) is 3.13. The van der Waals surface area contributed by atoms with Crippen LogP contribution in [0, 0.1) is 0 Å². The van der Waals surface area contributed by atoms with E-state index in [2.05, 4.69) is 49.5 Å². The van der Waals surface area contributed by atoms with Crippen LogP contribution in [0.25, 0.3) is 0 Å². The molecule has 1 aromatic rings. The lowest BCUT2D eigenvalue weighted by molar-refractivity contribution is 0.0244. The predicted octanol–water partition coefficient (Wildman–Crippen LogP) is 3.70. The van der Waals surface area contributed by atoms with E-state index in [4.69, 9.17) is 9.47 Å². The molecule has 1 N–H and O–H groups in total. The van der Waals surface area contributed by atoms with Gasteiger partial charge in [-0.3, -0.25) is 0 Å². The van der Waals surface area contributed by atoms with Gasteiger partial charge in [0.25, 0.3) is 0 Å². The van der Waals surface area contributed by atoms with Crippen LogP contribution in [0.2, 0.25) is 0 Å². The molecule has 3 atom stereocenters. The zero-order chi connectivity index (χ0) is 14.9. The van der Waals surface area contributed by atoms with Crippen molar-refractivity contribution in [2.45, 2.75) is 57.8 Å². The van der Waals surface area contributed by atoms with Gasteiger partial charge in [-0.2, -0.15) is 0 Å². The van der Waals surface area contributed by atoms with Crippen LogP contribution >= 0.6 is 0 Å². The van der Waals surface area contributed by atoms with E-state index in [9.17, 15) is 0 Å². The number of rotatable bonds is 9. The molecule has 0 aromatic heterocycles. The molecule has 1 heterocycles. The minimum Gasteiger partial charge on any atom is -0.378 e. The molecule has 2 rings (SSSR count). The van der Waals surface area contributed by atoms with Crippen molar-refractivity contribution in [2.24, 2.45) is 0 Å². The second-order valence-electron chi connectivity index (χ2n) is 5.66. The molecule has 0 bridgehead atoms. The summed E-state index contributed by atoms with van der Waals surface area (Å²) in [6.07, 6.45) is 5.21. The summed E-state index contributed by atoms with van der Waals surface area (Å²) < 4.78 is 11.8. The minimum atomic E-state index is 0.123. The number of hydrogen-bond donors (Lipinski definition) is 1. The maximum Gasteiger partial charge on any atom is 0.0977 e. The van der Waals surface area contributed by atoms with Crippen LogP contribution < -0.4 is 5.32 Å². The van der Waals surface area contributed by atoms with Crippen molar-refractivity contribution in [3.05, 3.63) is 35.9 Å². The lowest BCUT2D eigenvalue weighted by Gasteiger charge is -2.29. The normalized spacial score (nSPS) is 21.3. The monoisotopic (exact) mass is 291 g/mol. The molecule has 3 nitrogen and oxygen atoms in total. The molecule has 1 aliphatic rings. The van der Waals surface area contributed by atoms with Crippen LogP contribution in [-0.4, -0.2) is 31.9 Å². The van der Waals surface area contributed by atoms with Gasteiger partial charge < -0.3 is 14.8 Å². The Morgan fingerprint density at radius 1 is 1.29 bits per heavy atom. The first-order valence-corrected chi connectivity index (χ1v) is 8.36. The van der Waals surface area contributed by atoms with Gasteiger partial charge in [0.2, 0.25) is 0 Å². The van der Waals surface area contributed by atoms with Gasteiger partial charge >= 0.3 is 0 Å². The summed E-state index contributed by atoms with van der Waals surface area (Å²) in [5.74, 6) is 0. The number of likely N-dealkylation sites (N-methyl/N-ethyl adjacent to an activating group) is 1. The molecule has 0 amide bonds. The molecule has 21 heavy (non-hydrogen) atoms. The Labute approximate surface area is 129 Å². The highest BCUT2D eigenvalue weighted by Crippen LogP contribution is 2.26. The van der Waals surface area contributed by atoms with Crippen molar-refractivity contribution in [3.8, 4) is 0 Å². The summed E-state index contributed by atoms with van der Waals surface area (Å²) in [4.78, 5) is 0. The molecule has 0 spiro atoms. The zero-order valence-electron chi connectivity index (χ0n) is 13.4. The third-order valence-electron chi connectivity index (χ3n) is 4.13. The van der Waals surface area contributed by atoms with E-state index in [1.165, 1.54) is 18.4 Å². The van der Waals surface area contributed by atoms with Gasteiger partial charge in [-0.1, -0.05) is 37.3 Å². The van der Waals surface area contributed by atoms with Gasteiger partial charge in [0.15, 0.2) is 0 Å². The quantitative estimate of drug-likeness (QED) is 0.752. The SMILES string of the molecule is CCNC(CCC1CCCO1)C(OCC)c1ccccc1. The Kier molecular flexibility index (Phi) is 7.20. The molecule has 0 radical (unpaired) electrons. The topological polar surface area (TPSA) is 30.5 Å². The third-order valence-corrected chi connectivity index (χ3v) is 4.13. The molecule has 118 valence electrons. The van der Waals surface area contributed by atoms with E-state index in [1.807, 2.05) is 0 Å². The molecule has 1 aliphatic heterocycles. The van der Waals surface area contributed by atoms with Gasteiger partial charge in [0.05, 0.1) is 12.2 Å². The zero-order valence-corrected chi connectivity index (χ0v) is 13.4. The number of benzene rings is 1. The van der Waals surface area contributed by atoms with Crippen LogP contribution in [0.4, 0.5) is 0 Å². The molecule has 1 aromatic carbocycles. The summed E-state index contributed by atoms with van der Waals surface area (Å²) in [6, 6.07) is 10.9. The summed E-state index contributed by atoms with van der Waals surface area (Å²) >= 11 is 0. The number of ether oxygens (including phenoxy) is 2. The second kappa shape index (κ2) is 9.19. The Balaban J connectivity index is 2.00. The van der Waals surface area contributed by atoms with Crippen molar-refractivity contribution in [2.75, 3.05) is 19.8 Å². The molecule has 0 saturated carbocycles. The van der Waals surface area contributed by atoms with E-state index in [1.54, 1.807) is 0 Å². The Morgan fingerprint density at radius 2 is 2.10 bits per heavy atom. The first-order chi connectivity index (χ1) is 10.3. The first-order valence-electron chi connectivity index (χ1n) is 8.36. The van der Waals surface area contributed by atoms with Crippen LogP contribution in [0.3, 0.4) is 0 Å². The van der Waals surface area contributed by atoms with Crippen molar-refractivity contribution in [1.82, 2.24) is 5.32 Å². The van der Waals surface area contributed by atoms with E-state index in [0.29, 0.717) is 12.1 Å². The average molecular weight is 291 g/mol. The third kappa shape index (κ3) is 5.10. The highest BCUT2D eigenvalue weighted by atomic mass is 16.5. The van der Waals surface area contributed by atoms with Gasteiger partial charge in [-0.05, 0) is 44.7 Å². The van der Waals surface area contributed by atoms with Gasteiger partial charge in [0.1, 0.15) is 0 Å².